The van der Waals surface area contributed by atoms with Crippen molar-refractivity contribution in [3.63, 3.8) is 0 Å². The Balaban J connectivity index is 2.00. The van der Waals surface area contributed by atoms with Crippen LogP contribution in [0.15, 0.2) is 22.7 Å². The van der Waals surface area contributed by atoms with E-state index in [4.69, 9.17) is 5.26 Å². The van der Waals surface area contributed by atoms with Gasteiger partial charge in [0, 0.05) is 10.5 Å². The van der Waals surface area contributed by atoms with Crippen LogP contribution in [-0.2, 0) is 0 Å². The maximum atomic E-state index is 9.14. The molecule has 0 bridgehead atoms. The van der Waals surface area contributed by atoms with Gasteiger partial charge in [-0.1, -0.05) is 29.3 Å². The van der Waals surface area contributed by atoms with Crippen LogP contribution in [0.1, 0.15) is 44.6 Å². The fraction of sp³-hybridized carbons (Fsp3) is 0.533. The third-order valence-electron chi connectivity index (χ3n) is 3.89. The SMILES string of the molecule is CCC1CCC(Nc2ccc(Br)cc2C#N)CC1. The molecular formula is C15H19BrN2. The van der Waals surface area contributed by atoms with E-state index >= 15 is 0 Å². The van der Waals surface area contributed by atoms with E-state index in [1.54, 1.807) is 0 Å². The molecule has 0 aliphatic heterocycles. The highest BCUT2D eigenvalue weighted by Gasteiger charge is 2.20. The van der Waals surface area contributed by atoms with E-state index in [1.165, 1.54) is 32.1 Å². The van der Waals surface area contributed by atoms with Crippen molar-refractivity contribution in [3.8, 4) is 6.07 Å². The molecule has 2 nitrogen and oxygen atoms in total. The zero-order valence-corrected chi connectivity index (χ0v) is 12.3. The van der Waals surface area contributed by atoms with Crippen LogP contribution in [0.25, 0.3) is 0 Å². The predicted molar refractivity (Wildman–Crippen MR) is 78.5 cm³/mol. The number of benzene rings is 1. The normalized spacial score (nSPS) is 23.4. The average molecular weight is 307 g/mol. The summed E-state index contributed by atoms with van der Waals surface area (Å²) in [4.78, 5) is 0. The Kier molecular flexibility index (Phi) is 4.66. The van der Waals surface area contributed by atoms with Gasteiger partial charge in [-0.05, 0) is 49.8 Å². The number of anilines is 1. The van der Waals surface area contributed by atoms with E-state index in [1.807, 2.05) is 18.2 Å². The van der Waals surface area contributed by atoms with Crippen LogP contribution < -0.4 is 5.32 Å². The fourth-order valence-electron chi connectivity index (χ4n) is 2.67. The average Bonchev–Trinajstić information content (AvgIpc) is 2.41. The van der Waals surface area contributed by atoms with Crippen molar-refractivity contribution >= 4 is 21.6 Å². The van der Waals surface area contributed by atoms with Crippen LogP contribution in [0.2, 0.25) is 0 Å². The maximum absolute atomic E-state index is 9.14. The van der Waals surface area contributed by atoms with Gasteiger partial charge in [0.25, 0.3) is 0 Å². The minimum absolute atomic E-state index is 0.529. The number of nitrogens with one attached hydrogen (secondary N) is 1. The van der Waals surface area contributed by atoms with Crippen LogP contribution in [0.3, 0.4) is 0 Å². The molecule has 1 aromatic carbocycles. The molecule has 1 aromatic rings. The lowest BCUT2D eigenvalue weighted by Gasteiger charge is -2.29. The molecule has 1 aliphatic rings. The highest BCUT2D eigenvalue weighted by molar-refractivity contribution is 9.10. The van der Waals surface area contributed by atoms with Gasteiger partial charge in [0.15, 0.2) is 0 Å². The van der Waals surface area contributed by atoms with Crippen molar-refractivity contribution in [2.45, 2.75) is 45.1 Å². The van der Waals surface area contributed by atoms with Crippen molar-refractivity contribution < 1.29 is 0 Å². The van der Waals surface area contributed by atoms with Crippen molar-refractivity contribution in [2.75, 3.05) is 5.32 Å². The second kappa shape index (κ2) is 6.24. The standard InChI is InChI=1S/C15H19BrN2/c1-2-11-3-6-14(7-4-11)18-15-8-5-13(16)9-12(15)10-17/h5,8-9,11,14,18H,2-4,6-7H2,1H3. The zero-order chi connectivity index (χ0) is 13.0. The fourth-order valence-corrected chi connectivity index (χ4v) is 3.03. The highest BCUT2D eigenvalue weighted by atomic mass is 79.9. The Hall–Kier alpha value is -1.01. The summed E-state index contributed by atoms with van der Waals surface area (Å²) >= 11 is 3.40. The van der Waals surface area contributed by atoms with Gasteiger partial charge in [0.1, 0.15) is 6.07 Å². The minimum Gasteiger partial charge on any atom is -0.381 e. The lowest BCUT2D eigenvalue weighted by atomic mass is 9.84. The van der Waals surface area contributed by atoms with E-state index in [0.717, 1.165) is 21.6 Å². The molecule has 0 atom stereocenters. The lowest BCUT2D eigenvalue weighted by Crippen LogP contribution is -2.26. The largest absolute Gasteiger partial charge is 0.381 e. The molecule has 1 N–H and O–H groups in total. The molecule has 0 saturated heterocycles. The van der Waals surface area contributed by atoms with Gasteiger partial charge in [0.2, 0.25) is 0 Å². The van der Waals surface area contributed by atoms with Crippen LogP contribution in [0.5, 0.6) is 0 Å². The Morgan fingerprint density at radius 2 is 2.06 bits per heavy atom. The second-order valence-electron chi connectivity index (χ2n) is 5.07. The Morgan fingerprint density at radius 3 is 2.67 bits per heavy atom. The first-order valence-electron chi connectivity index (χ1n) is 6.69. The smallest absolute Gasteiger partial charge is 0.101 e. The van der Waals surface area contributed by atoms with Crippen molar-refractivity contribution in [1.29, 1.82) is 5.26 Å². The van der Waals surface area contributed by atoms with Gasteiger partial charge in [-0.15, -0.1) is 0 Å². The maximum Gasteiger partial charge on any atom is 0.101 e. The Bertz CT molecular complexity index is 442. The number of hydrogen-bond donors (Lipinski definition) is 1. The molecule has 0 amide bonds. The van der Waals surface area contributed by atoms with E-state index < -0.39 is 0 Å². The van der Waals surface area contributed by atoms with Gasteiger partial charge in [0.05, 0.1) is 11.3 Å². The van der Waals surface area contributed by atoms with Crippen molar-refractivity contribution in [2.24, 2.45) is 5.92 Å². The van der Waals surface area contributed by atoms with E-state index in [-0.39, 0.29) is 0 Å². The Labute approximate surface area is 118 Å². The second-order valence-corrected chi connectivity index (χ2v) is 5.99. The quantitative estimate of drug-likeness (QED) is 0.878. The van der Waals surface area contributed by atoms with E-state index in [0.29, 0.717) is 6.04 Å². The lowest BCUT2D eigenvalue weighted by molar-refractivity contribution is 0.330. The third kappa shape index (κ3) is 3.26. The first kappa shape index (κ1) is 13.4. The topological polar surface area (TPSA) is 35.8 Å². The molecule has 2 rings (SSSR count). The van der Waals surface area contributed by atoms with Gasteiger partial charge >= 0.3 is 0 Å². The third-order valence-corrected chi connectivity index (χ3v) is 4.38. The van der Waals surface area contributed by atoms with Gasteiger partial charge in [-0.25, -0.2) is 0 Å². The first-order chi connectivity index (χ1) is 8.72. The first-order valence-corrected chi connectivity index (χ1v) is 7.48. The summed E-state index contributed by atoms with van der Waals surface area (Å²) in [6.07, 6.45) is 6.37. The monoisotopic (exact) mass is 306 g/mol. The summed E-state index contributed by atoms with van der Waals surface area (Å²) in [6.45, 7) is 2.28. The Morgan fingerprint density at radius 1 is 1.33 bits per heavy atom. The molecule has 3 heteroatoms. The number of halogens is 1. The molecule has 1 aliphatic carbocycles. The van der Waals surface area contributed by atoms with Crippen LogP contribution in [0, 0.1) is 17.2 Å². The summed E-state index contributed by atoms with van der Waals surface area (Å²) in [7, 11) is 0. The molecule has 18 heavy (non-hydrogen) atoms. The summed E-state index contributed by atoms with van der Waals surface area (Å²) in [6, 6.07) is 8.64. The summed E-state index contributed by atoms with van der Waals surface area (Å²) in [5.41, 5.74) is 1.70. The highest BCUT2D eigenvalue weighted by Crippen LogP contribution is 2.29. The minimum atomic E-state index is 0.529. The van der Waals surface area contributed by atoms with Gasteiger partial charge in [-0.3, -0.25) is 0 Å². The summed E-state index contributed by atoms with van der Waals surface area (Å²) < 4.78 is 0.958. The molecule has 0 aromatic heterocycles. The number of hydrogen-bond acceptors (Lipinski definition) is 2. The number of nitriles is 1. The van der Waals surface area contributed by atoms with Crippen molar-refractivity contribution in [1.82, 2.24) is 0 Å². The van der Waals surface area contributed by atoms with E-state index in [9.17, 15) is 0 Å². The number of nitrogens with zero attached hydrogens (tertiary/aromatic N) is 1. The molecule has 0 radical (unpaired) electrons. The molecule has 1 saturated carbocycles. The van der Waals surface area contributed by atoms with E-state index in [2.05, 4.69) is 34.2 Å². The summed E-state index contributed by atoms with van der Waals surface area (Å²) in [5.74, 6) is 0.906. The van der Waals surface area contributed by atoms with Crippen LogP contribution >= 0.6 is 15.9 Å². The summed E-state index contributed by atoms with van der Waals surface area (Å²) in [5, 5.41) is 12.7. The van der Waals surface area contributed by atoms with Gasteiger partial charge in [-0.2, -0.15) is 5.26 Å². The molecule has 96 valence electrons. The number of rotatable bonds is 3. The van der Waals surface area contributed by atoms with Crippen LogP contribution in [-0.4, -0.2) is 6.04 Å². The predicted octanol–water partition coefficient (Wildman–Crippen LogP) is 4.70. The molecule has 0 spiro atoms. The zero-order valence-electron chi connectivity index (χ0n) is 10.7. The molecule has 0 unspecified atom stereocenters. The van der Waals surface area contributed by atoms with Crippen molar-refractivity contribution in [3.05, 3.63) is 28.2 Å². The molecular weight excluding hydrogens is 288 g/mol. The molecule has 1 fully saturated rings. The molecule has 0 heterocycles. The van der Waals surface area contributed by atoms with Crippen LogP contribution in [0.4, 0.5) is 5.69 Å². The van der Waals surface area contributed by atoms with Gasteiger partial charge < -0.3 is 5.32 Å².